The van der Waals surface area contributed by atoms with Crippen LogP contribution in [0.3, 0.4) is 0 Å². The standard InChI is InChI=1S/C12H21NO4/c1-3-5-6-7-10(14)13-8-9-17-11(13)12(15)16-4-2/h11H,3-9H2,1-2H3. The molecule has 0 aromatic rings. The molecule has 1 unspecified atom stereocenters. The molecule has 1 fully saturated rings. The zero-order chi connectivity index (χ0) is 12.7. The zero-order valence-electron chi connectivity index (χ0n) is 10.6. The van der Waals surface area contributed by atoms with Gasteiger partial charge >= 0.3 is 5.97 Å². The van der Waals surface area contributed by atoms with Gasteiger partial charge in [-0.1, -0.05) is 19.8 Å². The monoisotopic (exact) mass is 243 g/mol. The van der Waals surface area contributed by atoms with Gasteiger partial charge in [0.15, 0.2) is 0 Å². The van der Waals surface area contributed by atoms with E-state index in [0.717, 1.165) is 19.3 Å². The van der Waals surface area contributed by atoms with Crippen LogP contribution in [0, 0.1) is 0 Å². The summed E-state index contributed by atoms with van der Waals surface area (Å²) in [5.74, 6) is -0.483. The third-order valence-corrected chi connectivity index (χ3v) is 2.69. The summed E-state index contributed by atoms with van der Waals surface area (Å²) in [6.45, 7) is 5.01. The molecule has 0 radical (unpaired) electrons. The van der Waals surface area contributed by atoms with E-state index in [1.807, 2.05) is 0 Å². The van der Waals surface area contributed by atoms with Crippen LogP contribution in [0.5, 0.6) is 0 Å². The molecule has 1 aliphatic heterocycles. The molecule has 98 valence electrons. The molecule has 0 spiro atoms. The average Bonchev–Trinajstić information content (AvgIpc) is 2.78. The van der Waals surface area contributed by atoms with Gasteiger partial charge in [-0.05, 0) is 13.3 Å². The molecule has 0 saturated carbocycles. The summed E-state index contributed by atoms with van der Waals surface area (Å²) >= 11 is 0. The number of rotatable bonds is 6. The number of nitrogens with zero attached hydrogens (tertiary/aromatic N) is 1. The Labute approximate surface area is 102 Å². The molecule has 1 rings (SSSR count). The van der Waals surface area contributed by atoms with Gasteiger partial charge in [0.2, 0.25) is 12.1 Å². The van der Waals surface area contributed by atoms with Gasteiger partial charge in [-0.3, -0.25) is 4.79 Å². The van der Waals surface area contributed by atoms with Crippen LogP contribution in [-0.4, -0.2) is 42.8 Å². The van der Waals surface area contributed by atoms with Crippen LogP contribution in [0.1, 0.15) is 39.5 Å². The minimum absolute atomic E-state index is 0.0194. The Morgan fingerprint density at radius 3 is 2.76 bits per heavy atom. The van der Waals surface area contributed by atoms with Crippen molar-refractivity contribution in [2.24, 2.45) is 0 Å². The Morgan fingerprint density at radius 1 is 1.35 bits per heavy atom. The summed E-state index contributed by atoms with van der Waals surface area (Å²) in [6, 6.07) is 0. The van der Waals surface area contributed by atoms with Crippen LogP contribution in [0.25, 0.3) is 0 Å². The van der Waals surface area contributed by atoms with Crippen molar-refractivity contribution in [3.8, 4) is 0 Å². The average molecular weight is 243 g/mol. The maximum absolute atomic E-state index is 11.9. The lowest BCUT2D eigenvalue weighted by atomic mass is 10.2. The van der Waals surface area contributed by atoms with E-state index in [2.05, 4.69) is 6.92 Å². The SMILES string of the molecule is CCCCCC(=O)N1CCOC1C(=O)OCC. The highest BCUT2D eigenvalue weighted by Crippen LogP contribution is 2.14. The first-order valence-electron chi connectivity index (χ1n) is 6.28. The van der Waals surface area contributed by atoms with Crippen LogP contribution < -0.4 is 0 Å². The Balaban J connectivity index is 2.44. The summed E-state index contributed by atoms with van der Waals surface area (Å²) in [5, 5.41) is 0. The lowest BCUT2D eigenvalue weighted by Crippen LogP contribution is -2.42. The highest BCUT2D eigenvalue weighted by molar-refractivity contribution is 5.84. The molecule has 0 aromatic carbocycles. The van der Waals surface area contributed by atoms with E-state index in [-0.39, 0.29) is 5.91 Å². The second-order valence-corrected chi connectivity index (χ2v) is 4.02. The molecular formula is C12H21NO4. The second kappa shape index (κ2) is 7.27. The number of hydrogen-bond acceptors (Lipinski definition) is 4. The predicted octanol–water partition coefficient (Wildman–Crippen LogP) is 1.31. The Kier molecular flexibility index (Phi) is 5.97. The third-order valence-electron chi connectivity index (χ3n) is 2.69. The highest BCUT2D eigenvalue weighted by atomic mass is 16.6. The van der Waals surface area contributed by atoms with Crippen molar-refractivity contribution in [1.82, 2.24) is 4.90 Å². The molecule has 0 bridgehead atoms. The van der Waals surface area contributed by atoms with Crippen LogP contribution in [0.4, 0.5) is 0 Å². The van der Waals surface area contributed by atoms with Crippen LogP contribution in [-0.2, 0) is 19.1 Å². The highest BCUT2D eigenvalue weighted by Gasteiger charge is 2.35. The molecule has 1 saturated heterocycles. The van der Waals surface area contributed by atoms with E-state index in [1.54, 1.807) is 6.92 Å². The topological polar surface area (TPSA) is 55.8 Å². The molecule has 5 nitrogen and oxygen atoms in total. The Morgan fingerprint density at radius 2 is 2.12 bits per heavy atom. The van der Waals surface area contributed by atoms with Gasteiger partial charge in [-0.15, -0.1) is 0 Å². The van der Waals surface area contributed by atoms with Gasteiger partial charge in [0.25, 0.3) is 0 Å². The summed E-state index contributed by atoms with van der Waals surface area (Å²) in [6.07, 6.45) is 2.62. The molecule has 0 aliphatic carbocycles. The first kappa shape index (κ1) is 14.0. The third kappa shape index (κ3) is 4.00. The molecule has 1 aliphatic rings. The Bertz CT molecular complexity index is 267. The molecule has 17 heavy (non-hydrogen) atoms. The minimum atomic E-state index is -0.830. The molecule has 0 aromatic heterocycles. The Hall–Kier alpha value is -1.10. The summed E-state index contributed by atoms with van der Waals surface area (Å²) < 4.78 is 10.1. The maximum atomic E-state index is 11.9. The number of carbonyl (C=O) groups excluding carboxylic acids is 2. The smallest absolute Gasteiger partial charge is 0.356 e. The maximum Gasteiger partial charge on any atom is 0.356 e. The van der Waals surface area contributed by atoms with Crippen molar-refractivity contribution in [2.75, 3.05) is 19.8 Å². The fraction of sp³-hybridized carbons (Fsp3) is 0.833. The van der Waals surface area contributed by atoms with Gasteiger partial charge < -0.3 is 14.4 Å². The summed E-state index contributed by atoms with van der Waals surface area (Å²) in [5.41, 5.74) is 0. The fourth-order valence-electron chi connectivity index (χ4n) is 1.80. The van der Waals surface area contributed by atoms with Gasteiger partial charge in [0.05, 0.1) is 13.2 Å². The van der Waals surface area contributed by atoms with Crippen molar-refractivity contribution in [3.63, 3.8) is 0 Å². The number of carbonyl (C=O) groups is 2. The van der Waals surface area contributed by atoms with E-state index in [9.17, 15) is 9.59 Å². The summed E-state index contributed by atoms with van der Waals surface area (Å²) in [4.78, 5) is 24.9. The lowest BCUT2D eigenvalue weighted by Gasteiger charge is -2.21. The second-order valence-electron chi connectivity index (χ2n) is 4.02. The molecule has 1 amide bonds. The summed E-state index contributed by atoms with van der Waals surface area (Å²) in [7, 11) is 0. The van der Waals surface area contributed by atoms with Gasteiger partial charge in [0.1, 0.15) is 0 Å². The van der Waals surface area contributed by atoms with E-state index in [4.69, 9.17) is 9.47 Å². The van der Waals surface area contributed by atoms with Crippen molar-refractivity contribution >= 4 is 11.9 Å². The first-order valence-corrected chi connectivity index (χ1v) is 6.28. The molecule has 1 heterocycles. The van der Waals surface area contributed by atoms with E-state index in [1.165, 1.54) is 4.90 Å². The van der Waals surface area contributed by atoms with Gasteiger partial charge in [-0.25, -0.2) is 4.79 Å². The van der Waals surface area contributed by atoms with Crippen LogP contribution in [0.2, 0.25) is 0 Å². The zero-order valence-corrected chi connectivity index (χ0v) is 10.6. The van der Waals surface area contributed by atoms with Crippen molar-refractivity contribution < 1.29 is 19.1 Å². The number of hydrogen-bond donors (Lipinski definition) is 0. The molecule has 0 N–H and O–H groups in total. The van der Waals surface area contributed by atoms with Crippen molar-refractivity contribution in [2.45, 2.75) is 45.8 Å². The van der Waals surface area contributed by atoms with E-state index < -0.39 is 12.2 Å². The molecular weight excluding hydrogens is 222 g/mol. The van der Waals surface area contributed by atoms with E-state index >= 15 is 0 Å². The molecule has 5 heteroatoms. The normalized spacial score (nSPS) is 19.4. The van der Waals surface area contributed by atoms with Crippen molar-refractivity contribution in [3.05, 3.63) is 0 Å². The predicted molar refractivity (Wildman–Crippen MR) is 62.2 cm³/mol. The van der Waals surface area contributed by atoms with Gasteiger partial charge in [0, 0.05) is 13.0 Å². The minimum Gasteiger partial charge on any atom is -0.463 e. The largest absolute Gasteiger partial charge is 0.463 e. The molecule has 1 atom stereocenters. The van der Waals surface area contributed by atoms with Gasteiger partial charge in [-0.2, -0.15) is 0 Å². The first-order chi connectivity index (χ1) is 8.20. The van der Waals surface area contributed by atoms with Crippen LogP contribution in [0.15, 0.2) is 0 Å². The van der Waals surface area contributed by atoms with Crippen LogP contribution >= 0.6 is 0 Å². The number of amides is 1. The van der Waals surface area contributed by atoms with E-state index in [0.29, 0.717) is 26.2 Å². The number of unbranched alkanes of at least 4 members (excludes halogenated alkanes) is 2. The number of esters is 1. The fourth-order valence-corrected chi connectivity index (χ4v) is 1.80. The quantitative estimate of drug-likeness (QED) is 0.521. The lowest BCUT2D eigenvalue weighted by molar-refractivity contribution is -0.165. The number of ether oxygens (including phenoxy) is 2. The van der Waals surface area contributed by atoms with Crippen molar-refractivity contribution in [1.29, 1.82) is 0 Å².